The average Bonchev–Trinajstić information content (AvgIpc) is 2.72. The molecule has 0 bridgehead atoms. The highest BCUT2D eigenvalue weighted by Gasteiger charge is 2.39. The molecule has 0 aromatic heterocycles. The molecule has 106 valence electrons. The van der Waals surface area contributed by atoms with Gasteiger partial charge in [-0.3, -0.25) is 0 Å². The third-order valence-electron chi connectivity index (χ3n) is 3.34. The van der Waals surface area contributed by atoms with Crippen LogP contribution in [0, 0.1) is 5.82 Å². The molecule has 19 heavy (non-hydrogen) atoms. The molecule has 1 fully saturated rings. The highest BCUT2D eigenvalue weighted by Crippen LogP contribution is 2.23. The van der Waals surface area contributed by atoms with Crippen LogP contribution in [0.2, 0.25) is 0 Å². The Morgan fingerprint density at radius 2 is 1.84 bits per heavy atom. The van der Waals surface area contributed by atoms with Crippen LogP contribution < -0.4 is 0 Å². The van der Waals surface area contributed by atoms with Gasteiger partial charge in [0.2, 0.25) is 10.0 Å². The number of benzene rings is 1. The van der Waals surface area contributed by atoms with Crippen LogP contribution in [0.4, 0.5) is 4.39 Å². The number of hydrogen-bond donors (Lipinski definition) is 1. The van der Waals surface area contributed by atoms with E-state index in [1.165, 1.54) is 16.4 Å². The first-order valence-electron chi connectivity index (χ1n) is 5.92. The second kappa shape index (κ2) is 5.16. The van der Waals surface area contributed by atoms with Gasteiger partial charge in [0.15, 0.2) is 0 Å². The lowest BCUT2D eigenvalue weighted by Gasteiger charge is -2.21. The Labute approximate surface area is 112 Å². The largest absolute Gasteiger partial charge is 0.390 e. The van der Waals surface area contributed by atoms with Crippen molar-refractivity contribution in [2.24, 2.45) is 0 Å². The zero-order valence-corrected chi connectivity index (χ0v) is 11.6. The lowest BCUT2D eigenvalue weighted by Crippen LogP contribution is -2.38. The van der Waals surface area contributed by atoms with E-state index in [9.17, 15) is 17.9 Å². The van der Waals surface area contributed by atoms with Crippen molar-refractivity contribution in [1.82, 2.24) is 9.21 Å². The molecule has 0 amide bonds. The number of hydrogen-bond acceptors (Lipinski definition) is 4. The van der Waals surface area contributed by atoms with Gasteiger partial charge in [0, 0.05) is 13.1 Å². The zero-order chi connectivity index (χ0) is 14.2. The van der Waals surface area contributed by atoms with Crippen molar-refractivity contribution in [2.75, 3.05) is 27.2 Å². The van der Waals surface area contributed by atoms with E-state index >= 15 is 0 Å². The molecule has 1 saturated heterocycles. The summed E-state index contributed by atoms with van der Waals surface area (Å²) < 4.78 is 38.7. The van der Waals surface area contributed by atoms with Crippen LogP contribution in [0.15, 0.2) is 29.2 Å². The molecule has 0 radical (unpaired) electrons. The van der Waals surface area contributed by atoms with Gasteiger partial charge >= 0.3 is 0 Å². The first-order valence-corrected chi connectivity index (χ1v) is 7.36. The van der Waals surface area contributed by atoms with E-state index in [4.69, 9.17) is 0 Å². The Balaban J connectivity index is 2.24. The lowest BCUT2D eigenvalue weighted by molar-refractivity contribution is 0.113. The summed E-state index contributed by atoms with van der Waals surface area (Å²) in [4.78, 5) is 1.84. The summed E-state index contributed by atoms with van der Waals surface area (Å²) >= 11 is 0. The first kappa shape index (κ1) is 14.4. The summed E-state index contributed by atoms with van der Waals surface area (Å²) in [5.74, 6) is -0.480. The van der Waals surface area contributed by atoms with Crippen LogP contribution in [0.25, 0.3) is 0 Å². The normalized spacial score (nSPS) is 25.1. The molecule has 1 aromatic rings. The third-order valence-corrected chi connectivity index (χ3v) is 5.19. The van der Waals surface area contributed by atoms with Gasteiger partial charge in [-0.2, -0.15) is 4.31 Å². The average molecular weight is 288 g/mol. The summed E-state index contributed by atoms with van der Waals surface area (Å²) in [6.45, 7) is 0.288. The molecule has 0 unspecified atom stereocenters. The summed E-state index contributed by atoms with van der Waals surface area (Å²) in [6.07, 6.45) is -0.717. The van der Waals surface area contributed by atoms with Gasteiger partial charge in [0.05, 0.1) is 17.0 Å². The van der Waals surface area contributed by atoms with Crippen LogP contribution in [0.3, 0.4) is 0 Å². The Hall–Kier alpha value is -1.02. The van der Waals surface area contributed by atoms with Crippen molar-refractivity contribution in [2.45, 2.75) is 17.0 Å². The van der Waals surface area contributed by atoms with E-state index < -0.39 is 21.9 Å². The summed E-state index contributed by atoms with van der Waals surface area (Å²) in [6, 6.07) is 4.47. The third kappa shape index (κ3) is 2.79. The van der Waals surface area contributed by atoms with E-state index in [-0.39, 0.29) is 24.0 Å². The minimum absolute atomic E-state index is 0.0421. The minimum atomic E-state index is -3.67. The SMILES string of the molecule is CN(C)[C@@H]1CN(S(=O)(=O)c2ccc(F)cc2)C[C@H]1O. The van der Waals surface area contributed by atoms with Gasteiger partial charge in [0.1, 0.15) is 5.82 Å². The standard InChI is InChI=1S/C12H17FN2O3S/c1-14(2)11-7-15(8-12(11)16)19(17,18)10-5-3-9(13)4-6-10/h3-6,11-12,16H,7-8H2,1-2H3/t11-,12-/m1/s1. The van der Waals surface area contributed by atoms with Gasteiger partial charge in [-0.25, -0.2) is 12.8 Å². The molecule has 1 aliphatic rings. The fourth-order valence-corrected chi connectivity index (χ4v) is 3.67. The van der Waals surface area contributed by atoms with E-state index in [1.54, 1.807) is 19.0 Å². The van der Waals surface area contributed by atoms with Crippen LogP contribution in [0.5, 0.6) is 0 Å². The minimum Gasteiger partial charge on any atom is -0.390 e. The predicted molar refractivity (Wildman–Crippen MR) is 68.6 cm³/mol. The van der Waals surface area contributed by atoms with Gasteiger partial charge in [-0.05, 0) is 38.4 Å². The van der Waals surface area contributed by atoms with Crippen molar-refractivity contribution in [3.8, 4) is 0 Å². The number of β-amino-alcohol motifs (C(OH)–C–C–N with tert-alkyl or cyclic N) is 1. The van der Waals surface area contributed by atoms with Gasteiger partial charge in [-0.15, -0.1) is 0 Å². The maximum atomic E-state index is 12.8. The quantitative estimate of drug-likeness (QED) is 0.858. The molecule has 2 rings (SSSR count). The van der Waals surface area contributed by atoms with Crippen molar-refractivity contribution in [3.05, 3.63) is 30.1 Å². The number of likely N-dealkylation sites (N-methyl/N-ethyl adjacent to an activating group) is 1. The number of rotatable bonds is 3. The summed E-state index contributed by atoms with van der Waals surface area (Å²) in [5.41, 5.74) is 0. The van der Waals surface area contributed by atoms with Crippen molar-refractivity contribution < 1.29 is 17.9 Å². The summed E-state index contributed by atoms with van der Waals surface area (Å²) in [7, 11) is -0.0877. The lowest BCUT2D eigenvalue weighted by atomic mass is 10.2. The van der Waals surface area contributed by atoms with Crippen LogP contribution in [-0.2, 0) is 10.0 Å². The Bertz CT molecular complexity index is 545. The number of aliphatic hydroxyl groups is 1. The topological polar surface area (TPSA) is 60.9 Å². The molecule has 1 aromatic carbocycles. The summed E-state index contributed by atoms with van der Waals surface area (Å²) in [5, 5.41) is 9.88. The Morgan fingerprint density at radius 3 is 2.32 bits per heavy atom. The maximum absolute atomic E-state index is 12.8. The molecule has 5 nitrogen and oxygen atoms in total. The molecule has 1 heterocycles. The predicted octanol–water partition coefficient (Wildman–Crippen LogP) is 0.121. The molecule has 0 spiro atoms. The zero-order valence-electron chi connectivity index (χ0n) is 10.8. The fourth-order valence-electron chi connectivity index (χ4n) is 2.19. The Kier molecular flexibility index (Phi) is 3.91. The second-order valence-electron chi connectivity index (χ2n) is 4.87. The number of sulfonamides is 1. The number of halogens is 1. The smallest absolute Gasteiger partial charge is 0.243 e. The highest BCUT2D eigenvalue weighted by atomic mass is 32.2. The second-order valence-corrected chi connectivity index (χ2v) is 6.81. The molecule has 1 aliphatic heterocycles. The van der Waals surface area contributed by atoms with Gasteiger partial charge < -0.3 is 10.0 Å². The molecule has 7 heteroatoms. The number of aliphatic hydroxyl groups excluding tert-OH is 1. The van der Waals surface area contributed by atoms with Gasteiger partial charge in [-0.1, -0.05) is 0 Å². The van der Waals surface area contributed by atoms with E-state index in [0.29, 0.717) is 0 Å². The molecule has 2 atom stereocenters. The van der Waals surface area contributed by atoms with Crippen LogP contribution in [0.1, 0.15) is 0 Å². The fraction of sp³-hybridized carbons (Fsp3) is 0.500. The van der Waals surface area contributed by atoms with Crippen molar-refractivity contribution in [3.63, 3.8) is 0 Å². The molecule has 0 aliphatic carbocycles. The van der Waals surface area contributed by atoms with E-state index in [2.05, 4.69) is 0 Å². The van der Waals surface area contributed by atoms with E-state index in [0.717, 1.165) is 12.1 Å². The Morgan fingerprint density at radius 1 is 1.26 bits per heavy atom. The van der Waals surface area contributed by atoms with Gasteiger partial charge in [0.25, 0.3) is 0 Å². The highest BCUT2D eigenvalue weighted by molar-refractivity contribution is 7.89. The molecule has 0 saturated carbocycles. The maximum Gasteiger partial charge on any atom is 0.243 e. The number of nitrogens with zero attached hydrogens (tertiary/aromatic N) is 2. The van der Waals surface area contributed by atoms with E-state index in [1.807, 2.05) is 0 Å². The van der Waals surface area contributed by atoms with Crippen LogP contribution in [-0.4, -0.2) is 62.1 Å². The first-order chi connectivity index (χ1) is 8.82. The van der Waals surface area contributed by atoms with Crippen molar-refractivity contribution >= 4 is 10.0 Å². The van der Waals surface area contributed by atoms with Crippen LogP contribution >= 0.6 is 0 Å². The molecular formula is C12H17FN2O3S. The molecular weight excluding hydrogens is 271 g/mol. The van der Waals surface area contributed by atoms with Crippen molar-refractivity contribution in [1.29, 1.82) is 0 Å². The molecule has 1 N–H and O–H groups in total. The monoisotopic (exact) mass is 288 g/mol.